The topological polar surface area (TPSA) is 64.7 Å². The van der Waals surface area contributed by atoms with Crippen molar-refractivity contribution in [3.05, 3.63) is 59.7 Å². The number of nitrogens with zero attached hydrogens (tertiary/aromatic N) is 4. The minimum Gasteiger partial charge on any atom is -0.325 e. The number of benzene rings is 1. The summed E-state index contributed by atoms with van der Waals surface area (Å²) >= 11 is 3.36. The second-order valence-corrected chi connectivity index (χ2v) is 8.48. The molecule has 0 saturated heterocycles. The lowest BCUT2D eigenvalue weighted by Crippen LogP contribution is -2.16. The normalized spacial score (nSPS) is 12.9. The molecular weight excluding hydrogens is 390 g/mol. The monoisotopic (exact) mass is 407 g/mol. The lowest BCUT2D eigenvalue weighted by molar-refractivity contribution is 0.101. The van der Waals surface area contributed by atoms with E-state index < -0.39 is 0 Å². The van der Waals surface area contributed by atoms with Crippen molar-refractivity contribution < 1.29 is 4.79 Å². The van der Waals surface area contributed by atoms with Crippen LogP contribution in [-0.2, 0) is 13.6 Å². The molecule has 1 N–H and O–H groups in total. The van der Waals surface area contributed by atoms with E-state index >= 15 is 0 Å². The lowest BCUT2D eigenvalue weighted by atomic mass is 10.1. The zero-order valence-electron chi connectivity index (χ0n) is 15.1. The lowest BCUT2D eigenvalue weighted by Gasteiger charge is -2.09. The van der Waals surface area contributed by atoms with Crippen LogP contribution in [0, 0.1) is 0 Å². The summed E-state index contributed by atoms with van der Waals surface area (Å²) in [5.74, 6) is 0.875. The van der Waals surface area contributed by atoms with Crippen molar-refractivity contribution in [1.82, 2.24) is 19.3 Å². The van der Waals surface area contributed by atoms with Crippen LogP contribution in [0.3, 0.4) is 0 Å². The number of hydrogen-bond donors (Lipinski definition) is 1. The van der Waals surface area contributed by atoms with Crippen LogP contribution in [0.5, 0.6) is 0 Å². The minimum absolute atomic E-state index is 0.189. The van der Waals surface area contributed by atoms with Crippen LogP contribution >= 0.6 is 23.1 Å². The summed E-state index contributed by atoms with van der Waals surface area (Å²) in [5.41, 5.74) is 3.86. The Balaban J connectivity index is 1.44. The molecule has 4 heterocycles. The van der Waals surface area contributed by atoms with Gasteiger partial charge in [-0.05, 0) is 23.6 Å². The number of carbonyl (C=O) groups is 1. The van der Waals surface area contributed by atoms with Crippen molar-refractivity contribution in [2.45, 2.75) is 11.7 Å². The summed E-state index contributed by atoms with van der Waals surface area (Å²) in [5, 5.41) is 10.5. The average molecular weight is 408 g/mol. The Morgan fingerprint density at radius 3 is 2.89 bits per heavy atom. The number of amides is 1. The Hall–Kier alpha value is -2.84. The van der Waals surface area contributed by atoms with Gasteiger partial charge in [0.15, 0.2) is 5.16 Å². The van der Waals surface area contributed by atoms with Gasteiger partial charge in [-0.2, -0.15) is 5.10 Å². The maximum absolute atomic E-state index is 12.9. The highest BCUT2D eigenvalue weighted by molar-refractivity contribution is 7.99. The van der Waals surface area contributed by atoms with Crippen molar-refractivity contribution in [3.8, 4) is 21.8 Å². The number of thioether (sulfide) groups is 1. The van der Waals surface area contributed by atoms with Crippen molar-refractivity contribution >= 4 is 34.7 Å². The van der Waals surface area contributed by atoms with Crippen LogP contribution in [-0.4, -0.2) is 31.0 Å². The minimum atomic E-state index is -0.189. The maximum Gasteiger partial charge on any atom is 0.273 e. The second kappa shape index (κ2) is 6.96. The summed E-state index contributed by atoms with van der Waals surface area (Å²) in [6, 6.07) is 13.6. The average Bonchev–Trinajstić information content (AvgIpc) is 3.45. The van der Waals surface area contributed by atoms with Gasteiger partial charge < -0.3 is 9.88 Å². The van der Waals surface area contributed by atoms with Gasteiger partial charge >= 0.3 is 0 Å². The van der Waals surface area contributed by atoms with Crippen LogP contribution in [0.4, 0.5) is 5.69 Å². The molecule has 1 amide bonds. The number of hydrogen-bond acceptors (Lipinski definition) is 5. The van der Waals surface area contributed by atoms with Crippen molar-refractivity contribution in [2.24, 2.45) is 7.05 Å². The number of aromatic nitrogens is 4. The van der Waals surface area contributed by atoms with Gasteiger partial charge in [-0.1, -0.05) is 36.0 Å². The third-order valence-electron chi connectivity index (χ3n) is 4.64. The smallest absolute Gasteiger partial charge is 0.273 e. The Bertz CT molecular complexity index is 1140. The van der Waals surface area contributed by atoms with Gasteiger partial charge in [0.1, 0.15) is 11.4 Å². The molecule has 6 nitrogen and oxygen atoms in total. The van der Waals surface area contributed by atoms with Crippen LogP contribution in [0.25, 0.3) is 21.8 Å². The molecule has 1 aliphatic rings. The third-order valence-corrected chi connectivity index (χ3v) is 6.50. The third kappa shape index (κ3) is 3.04. The van der Waals surface area contributed by atoms with Gasteiger partial charge in [-0.25, -0.2) is 4.98 Å². The van der Waals surface area contributed by atoms with Gasteiger partial charge in [0.25, 0.3) is 5.91 Å². The van der Waals surface area contributed by atoms with Gasteiger partial charge in [0.05, 0.1) is 16.3 Å². The Labute approximate surface area is 170 Å². The molecule has 0 atom stereocenters. The highest BCUT2D eigenvalue weighted by Crippen LogP contribution is 2.33. The zero-order chi connectivity index (χ0) is 19.1. The fraction of sp³-hybridized carbons (Fsp3) is 0.150. The fourth-order valence-electron chi connectivity index (χ4n) is 3.27. The Morgan fingerprint density at radius 2 is 2.07 bits per heavy atom. The second-order valence-electron chi connectivity index (χ2n) is 6.47. The molecule has 8 heteroatoms. The highest BCUT2D eigenvalue weighted by Gasteiger charge is 2.19. The Kier molecular flexibility index (Phi) is 4.29. The fourth-order valence-corrected chi connectivity index (χ4v) is 4.89. The van der Waals surface area contributed by atoms with E-state index in [-0.39, 0.29) is 5.91 Å². The number of fused-ring (bicyclic) bond motifs is 1. The van der Waals surface area contributed by atoms with E-state index in [1.54, 1.807) is 34.8 Å². The number of imidazole rings is 1. The molecule has 1 aliphatic heterocycles. The highest BCUT2D eigenvalue weighted by atomic mass is 32.2. The summed E-state index contributed by atoms with van der Waals surface area (Å²) in [7, 11) is 1.79. The molecule has 0 saturated carbocycles. The molecule has 0 aliphatic carbocycles. The van der Waals surface area contributed by atoms with Crippen LogP contribution in [0.15, 0.2) is 59.2 Å². The molecule has 140 valence electrons. The van der Waals surface area contributed by atoms with Crippen LogP contribution in [0.2, 0.25) is 0 Å². The standard InChI is InChI=1S/C20H17N5OS2/c1-24-17(11-15(23-24)18-7-4-9-27-18)19(26)21-14-6-3-2-5-13(14)16-12-25-8-10-28-20(25)22-16/h2-7,9,11-12H,8,10H2,1H3,(H,21,26). The van der Waals surface area contributed by atoms with Gasteiger partial charge in [0, 0.05) is 31.1 Å². The van der Waals surface area contributed by atoms with E-state index in [9.17, 15) is 4.79 Å². The molecule has 0 unspecified atom stereocenters. The number of nitrogens with one attached hydrogen (secondary N) is 1. The molecule has 5 rings (SSSR count). The molecule has 0 fully saturated rings. The zero-order valence-corrected chi connectivity index (χ0v) is 16.8. The molecule has 4 aromatic rings. The van der Waals surface area contributed by atoms with Crippen LogP contribution in [0.1, 0.15) is 10.5 Å². The van der Waals surface area contributed by atoms with Crippen LogP contribution < -0.4 is 5.32 Å². The number of anilines is 1. The molecule has 3 aromatic heterocycles. The molecule has 0 spiro atoms. The summed E-state index contributed by atoms with van der Waals surface area (Å²) in [6.45, 7) is 0.974. The molecule has 28 heavy (non-hydrogen) atoms. The van der Waals surface area contributed by atoms with Gasteiger partial charge in [-0.3, -0.25) is 9.48 Å². The first kappa shape index (κ1) is 17.3. The first-order valence-electron chi connectivity index (χ1n) is 8.88. The molecule has 1 aromatic carbocycles. The first-order valence-corrected chi connectivity index (χ1v) is 10.7. The van der Waals surface area contributed by atoms with E-state index in [1.807, 2.05) is 47.8 Å². The summed E-state index contributed by atoms with van der Waals surface area (Å²) in [6.07, 6.45) is 2.05. The number of aryl methyl sites for hydroxylation is 2. The van der Waals surface area contributed by atoms with E-state index in [2.05, 4.69) is 21.2 Å². The number of carbonyl (C=O) groups excluding carboxylic acids is 1. The van der Waals surface area contributed by atoms with Gasteiger partial charge in [-0.15, -0.1) is 11.3 Å². The van der Waals surface area contributed by atoms with E-state index in [0.29, 0.717) is 5.69 Å². The molecular formula is C20H17N5OS2. The van der Waals surface area contributed by atoms with E-state index in [4.69, 9.17) is 4.98 Å². The predicted octanol–water partition coefficient (Wildman–Crippen LogP) is 4.37. The maximum atomic E-state index is 12.9. The Morgan fingerprint density at radius 1 is 1.18 bits per heavy atom. The van der Waals surface area contributed by atoms with E-state index in [0.717, 1.165) is 45.0 Å². The molecule has 0 radical (unpaired) electrons. The largest absolute Gasteiger partial charge is 0.325 e. The predicted molar refractivity (Wildman–Crippen MR) is 113 cm³/mol. The summed E-state index contributed by atoms with van der Waals surface area (Å²) in [4.78, 5) is 18.7. The van der Waals surface area contributed by atoms with Gasteiger partial charge in [0.2, 0.25) is 0 Å². The quantitative estimate of drug-likeness (QED) is 0.546. The number of para-hydroxylation sites is 1. The van der Waals surface area contributed by atoms with Crippen molar-refractivity contribution in [1.29, 1.82) is 0 Å². The SMILES string of the molecule is Cn1nc(-c2cccs2)cc1C(=O)Nc1ccccc1-c1cn2c(n1)SCC2. The molecule has 0 bridgehead atoms. The number of rotatable bonds is 4. The first-order chi connectivity index (χ1) is 13.7. The van der Waals surface area contributed by atoms with Crippen molar-refractivity contribution in [2.75, 3.05) is 11.1 Å². The summed E-state index contributed by atoms with van der Waals surface area (Å²) < 4.78 is 3.78. The van der Waals surface area contributed by atoms with Crippen molar-refractivity contribution in [3.63, 3.8) is 0 Å². The van der Waals surface area contributed by atoms with E-state index in [1.165, 1.54) is 0 Å². The number of thiophene rings is 1.